The van der Waals surface area contributed by atoms with Gasteiger partial charge in [-0.05, 0) is 25.0 Å². The fourth-order valence-electron chi connectivity index (χ4n) is 2.35. The van der Waals surface area contributed by atoms with Gasteiger partial charge in [-0.3, -0.25) is 14.3 Å². The molecule has 0 aliphatic rings. The lowest BCUT2D eigenvalue weighted by atomic mass is 10.1. The number of para-hydroxylation sites is 1. The summed E-state index contributed by atoms with van der Waals surface area (Å²) in [6.45, 7) is 4.75. The summed E-state index contributed by atoms with van der Waals surface area (Å²) in [7, 11) is 0. The molecule has 122 valence electrons. The minimum Gasteiger partial charge on any atom is -0.481 e. The number of aryl methyl sites for hydroxylation is 1. The van der Waals surface area contributed by atoms with E-state index in [9.17, 15) is 9.59 Å². The molecule has 1 aromatic heterocycles. The van der Waals surface area contributed by atoms with Gasteiger partial charge < -0.3 is 10.4 Å². The fraction of sp³-hybridized carbons (Fsp3) is 0.353. The number of carbonyl (C=O) groups is 2. The van der Waals surface area contributed by atoms with Gasteiger partial charge in [0.1, 0.15) is 0 Å². The number of hydrogen-bond acceptors (Lipinski definition) is 3. The maximum Gasteiger partial charge on any atom is 0.307 e. The Morgan fingerprint density at radius 2 is 2.04 bits per heavy atom. The summed E-state index contributed by atoms with van der Waals surface area (Å²) < 4.78 is 1.82. The second-order valence-corrected chi connectivity index (χ2v) is 5.40. The largest absolute Gasteiger partial charge is 0.481 e. The van der Waals surface area contributed by atoms with Crippen LogP contribution >= 0.6 is 0 Å². The summed E-state index contributed by atoms with van der Waals surface area (Å²) in [5.74, 6) is -1.21. The molecule has 1 aromatic carbocycles. The van der Waals surface area contributed by atoms with E-state index < -0.39 is 5.97 Å². The summed E-state index contributed by atoms with van der Waals surface area (Å²) in [6.07, 6.45) is 3.49. The van der Waals surface area contributed by atoms with Crippen molar-refractivity contribution in [2.75, 3.05) is 5.32 Å². The number of unbranched alkanes of at least 4 members (excludes halogenated alkanes) is 1. The van der Waals surface area contributed by atoms with Crippen LogP contribution in [0.1, 0.15) is 41.4 Å². The third-order valence-corrected chi connectivity index (χ3v) is 3.68. The quantitative estimate of drug-likeness (QED) is 0.823. The molecule has 0 radical (unpaired) electrons. The first-order valence-electron chi connectivity index (χ1n) is 7.66. The highest BCUT2D eigenvalue weighted by Gasteiger charge is 2.16. The van der Waals surface area contributed by atoms with Crippen molar-refractivity contribution >= 4 is 17.6 Å². The van der Waals surface area contributed by atoms with Crippen LogP contribution in [0.3, 0.4) is 0 Å². The fourth-order valence-corrected chi connectivity index (χ4v) is 2.35. The van der Waals surface area contributed by atoms with E-state index in [0.717, 1.165) is 25.1 Å². The average molecular weight is 315 g/mol. The molecule has 2 rings (SSSR count). The van der Waals surface area contributed by atoms with Gasteiger partial charge in [-0.2, -0.15) is 5.10 Å². The Morgan fingerprint density at radius 3 is 2.74 bits per heavy atom. The number of benzene rings is 1. The minimum atomic E-state index is -0.935. The summed E-state index contributed by atoms with van der Waals surface area (Å²) in [4.78, 5) is 23.4. The molecule has 0 fully saturated rings. The maximum absolute atomic E-state index is 12.4. The molecule has 0 saturated carbocycles. The third-order valence-electron chi connectivity index (χ3n) is 3.68. The Labute approximate surface area is 135 Å². The number of amides is 1. The van der Waals surface area contributed by atoms with Crippen molar-refractivity contribution in [3.63, 3.8) is 0 Å². The molecular formula is C17H21N3O3. The molecule has 0 aliphatic heterocycles. The molecule has 0 aliphatic carbocycles. The average Bonchev–Trinajstić information content (AvgIpc) is 2.87. The number of aliphatic carboxylic acids is 1. The van der Waals surface area contributed by atoms with E-state index in [4.69, 9.17) is 5.11 Å². The molecule has 0 atom stereocenters. The van der Waals surface area contributed by atoms with Crippen LogP contribution in [0.5, 0.6) is 0 Å². The van der Waals surface area contributed by atoms with E-state index >= 15 is 0 Å². The molecule has 1 heterocycles. The van der Waals surface area contributed by atoms with E-state index in [1.165, 1.54) is 0 Å². The smallest absolute Gasteiger partial charge is 0.307 e. The van der Waals surface area contributed by atoms with Gasteiger partial charge in [0, 0.05) is 17.9 Å². The minimum absolute atomic E-state index is 0.134. The number of hydrogen-bond donors (Lipinski definition) is 2. The molecule has 0 unspecified atom stereocenters. The number of carbonyl (C=O) groups excluding carboxylic acids is 1. The van der Waals surface area contributed by atoms with Crippen molar-refractivity contribution in [1.29, 1.82) is 0 Å². The maximum atomic E-state index is 12.4. The summed E-state index contributed by atoms with van der Waals surface area (Å²) in [5.41, 5.74) is 2.41. The first kappa shape index (κ1) is 16.7. The van der Waals surface area contributed by atoms with E-state index in [2.05, 4.69) is 17.3 Å². The van der Waals surface area contributed by atoms with Crippen LogP contribution in [-0.4, -0.2) is 26.8 Å². The molecule has 2 N–H and O–H groups in total. The number of rotatable bonds is 7. The molecule has 2 aromatic rings. The lowest BCUT2D eigenvalue weighted by Crippen LogP contribution is -2.15. The predicted molar refractivity (Wildman–Crippen MR) is 87.6 cm³/mol. The first-order valence-corrected chi connectivity index (χ1v) is 7.66. The number of carboxylic acid groups (broad SMARTS) is 1. The van der Waals surface area contributed by atoms with Gasteiger partial charge in [0.25, 0.3) is 5.91 Å². The van der Waals surface area contributed by atoms with Gasteiger partial charge in [-0.25, -0.2) is 0 Å². The van der Waals surface area contributed by atoms with Crippen molar-refractivity contribution in [3.05, 3.63) is 47.3 Å². The molecule has 1 amide bonds. The number of anilines is 1. The zero-order chi connectivity index (χ0) is 16.8. The van der Waals surface area contributed by atoms with Crippen LogP contribution < -0.4 is 5.32 Å². The van der Waals surface area contributed by atoms with Gasteiger partial charge in [-0.15, -0.1) is 0 Å². The summed E-state index contributed by atoms with van der Waals surface area (Å²) >= 11 is 0. The standard InChI is InChI=1S/C17H21N3O3/c1-3-4-9-20-12(2)14(11-18-20)17(23)19-15-8-6-5-7-13(15)10-16(21)22/h5-8,11H,3-4,9-10H2,1-2H3,(H,19,23)(H,21,22). The van der Waals surface area contributed by atoms with E-state index in [-0.39, 0.29) is 12.3 Å². The van der Waals surface area contributed by atoms with Crippen LogP contribution in [0.4, 0.5) is 5.69 Å². The highest BCUT2D eigenvalue weighted by molar-refractivity contribution is 6.05. The van der Waals surface area contributed by atoms with Crippen LogP contribution in [0, 0.1) is 6.92 Å². The SMILES string of the molecule is CCCCn1ncc(C(=O)Nc2ccccc2CC(=O)O)c1C. The Kier molecular flexibility index (Phi) is 5.51. The Hall–Kier alpha value is -2.63. The topological polar surface area (TPSA) is 84.2 Å². The Balaban J connectivity index is 2.17. The lowest BCUT2D eigenvalue weighted by Gasteiger charge is -2.10. The van der Waals surface area contributed by atoms with Crippen molar-refractivity contribution in [2.45, 2.75) is 39.7 Å². The summed E-state index contributed by atoms with van der Waals surface area (Å²) in [5, 5.41) is 16.0. The monoisotopic (exact) mass is 315 g/mol. The normalized spacial score (nSPS) is 10.5. The van der Waals surface area contributed by atoms with Gasteiger partial charge >= 0.3 is 5.97 Å². The van der Waals surface area contributed by atoms with Crippen LogP contribution in [0.2, 0.25) is 0 Å². The highest BCUT2D eigenvalue weighted by atomic mass is 16.4. The number of nitrogens with zero attached hydrogens (tertiary/aromatic N) is 2. The number of carboxylic acids is 1. The van der Waals surface area contributed by atoms with Crippen molar-refractivity contribution in [2.24, 2.45) is 0 Å². The molecular weight excluding hydrogens is 294 g/mol. The number of aromatic nitrogens is 2. The summed E-state index contributed by atoms with van der Waals surface area (Å²) in [6, 6.07) is 6.91. The molecule has 23 heavy (non-hydrogen) atoms. The molecule has 0 saturated heterocycles. The van der Waals surface area contributed by atoms with Crippen molar-refractivity contribution in [1.82, 2.24) is 9.78 Å². The Bertz CT molecular complexity index is 707. The van der Waals surface area contributed by atoms with Crippen molar-refractivity contribution < 1.29 is 14.7 Å². The lowest BCUT2D eigenvalue weighted by molar-refractivity contribution is -0.136. The van der Waals surface area contributed by atoms with Crippen molar-refractivity contribution in [3.8, 4) is 0 Å². The second kappa shape index (κ2) is 7.58. The zero-order valence-corrected chi connectivity index (χ0v) is 13.4. The van der Waals surface area contributed by atoms with Gasteiger partial charge in [-0.1, -0.05) is 31.5 Å². The highest BCUT2D eigenvalue weighted by Crippen LogP contribution is 2.18. The number of nitrogens with one attached hydrogen (secondary N) is 1. The first-order chi connectivity index (χ1) is 11.0. The van der Waals surface area contributed by atoms with E-state index in [1.54, 1.807) is 30.5 Å². The van der Waals surface area contributed by atoms with Crippen LogP contribution in [-0.2, 0) is 17.8 Å². The van der Waals surface area contributed by atoms with Gasteiger partial charge in [0.05, 0.1) is 18.2 Å². The molecule has 6 heteroatoms. The van der Waals surface area contributed by atoms with Gasteiger partial charge in [0.15, 0.2) is 0 Å². The Morgan fingerprint density at radius 1 is 1.30 bits per heavy atom. The van der Waals surface area contributed by atoms with Gasteiger partial charge in [0.2, 0.25) is 0 Å². The van der Waals surface area contributed by atoms with Crippen LogP contribution in [0.15, 0.2) is 30.5 Å². The molecule has 6 nitrogen and oxygen atoms in total. The molecule has 0 bridgehead atoms. The third kappa shape index (κ3) is 4.18. The molecule has 0 spiro atoms. The van der Waals surface area contributed by atoms with E-state index in [1.807, 2.05) is 11.6 Å². The van der Waals surface area contributed by atoms with E-state index in [0.29, 0.717) is 16.8 Å². The van der Waals surface area contributed by atoms with Crippen LogP contribution in [0.25, 0.3) is 0 Å². The zero-order valence-electron chi connectivity index (χ0n) is 13.4. The predicted octanol–water partition coefficient (Wildman–Crippen LogP) is 2.87. The second-order valence-electron chi connectivity index (χ2n) is 5.40.